The number of carbonyl (C=O) groups is 2. The van der Waals surface area contributed by atoms with Crippen LogP contribution >= 0.6 is 0 Å². The fraction of sp³-hybridized carbons (Fsp3) is 0.500. The first-order valence-electron chi connectivity index (χ1n) is 5.56. The molecule has 1 aromatic heterocycles. The van der Waals surface area contributed by atoms with E-state index in [9.17, 15) is 19.7 Å². The van der Waals surface area contributed by atoms with Crippen LogP contribution in [0.5, 0.6) is 0 Å². The fourth-order valence-electron chi connectivity index (χ4n) is 1.60. The van der Waals surface area contributed by atoms with Crippen LogP contribution in [0.15, 0.2) is 6.20 Å². The normalized spacial score (nSPS) is 10.2. The molecule has 0 aromatic carbocycles. The highest BCUT2D eigenvalue weighted by atomic mass is 16.6. The number of aliphatic carboxylic acids is 1. The van der Waals surface area contributed by atoms with Gasteiger partial charge in [0.15, 0.2) is 0 Å². The largest absolute Gasteiger partial charge is 0.480 e. The predicted octanol–water partition coefficient (Wildman–Crippen LogP) is 0.265. The number of nitro groups is 1. The zero-order valence-electron chi connectivity index (χ0n) is 10.6. The Kier molecular flexibility index (Phi) is 4.56. The summed E-state index contributed by atoms with van der Waals surface area (Å²) in [5, 5.41) is 23.3. The maximum Gasteiger partial charge on any atom is 0.323 e. The first kappa shape index (κ1) is 14.6. The monoisotopic (exact) mass is 270 g/mol. The van der Waals surface area contributed by atoms with Crippen molar-refractivity contribution in [2.45, 2.75) is 13.3 Å². The van der Waals surface area contributed by atoms with Gasteiger partial charge in [0.2, 0.25) is 5.69 Å². The molecule has 1 heterocycles. The molecule has 0 fully saturated rings. The summed E-state index contributed by atoms with van der Waals surface area (Å²) in [6.07, 6.45) is 1.65. The summed E-state index contributed by atoms with van der Waals surface area (Å²) < 4.78 is 1.15. The summed E-state index contributed by atoms with van der Waals surface area (Å²) in [5.74, 6) is -1.93. The number of rotatable bonds is 6. The minimum atomic E-state index is -1.18. The predicted molar refractivity (Wildman–Crippen MR) is 63.7 cm³/mol. The van der Waals surface area contributed by atoms with Crippen LogP contribution in [-0.4, -0.2) is 49.7 Å². The van der Waals surface area contributed by atoms with Crippen molar-refractivity contribution in [3.8, 4) is 0 Å². The molecule has 0 radical (unpaired) electrons. The number of amides is 1. The Hall–Kier alpha value is -2.45. The van der Waals surface area contributed by atoms with Crippen LogP contribution in [-0.2, 0) is 11.8 Å². The molecule has 1 rings (SSSR count). The SMILES string of the molecule is CCCN(CC(=O)O)C(=O)c1nn(C)cc1[N+](=O)[O-]. The average Bonchev–Trinajstić information content (AvgIpc) is 2.69. The Morgan fingerprint density at radius 2 is 2.21 bits per heavy atom. The lowest BCUT2D eigenvalue weighted by Gasteiger charge is -2.18. The molecule has 0 bridgehead atoms. The molecule has 1 N–H and O–H groups in total. The van der Waals surface area contributed by atoms with Gasteiger partial charge in [-0.2, -0.15) is 5.10 Å². The van der Waals surface area contributed by atoms with E-state index in [1.165, 1.54) is 7.05 Å². The second-order valence-electron chi connectivity index (χ2n) is 3.91. The third kappa shape index (κ3) is 3.50. The fourth-order valence-corrected chi connectivity index (χ4v) is 1.60. The van der Waals surface area contributed by atoms with Gasteiger partial charge in [0.1, 0.15) is 12.7 Å². The smallest absolute Gasteiger partial charge is 0.323 e. The van der Waals surface area contributed by atoms with Gasteiger partial charge in [0.25, 0.3) is 5.91 Å². The lowest BCUT2D eigenvalue weighted by atomic mass is 10.3. The molecule has 9 heteroatoms. The van der Waals surface area contributed by atoms with Gasteiger partial charge in [-0.05, 0) is 6.42 Å². The number of carbonyl (C=O) groups excluding carboxylic acids is 1. The number of hydrogen-bond donors (Lipinski definition) is 1. The molecule has 1 amide bonds. The van der Waals surface area contributed by atoms with Crippen LogP contribution in [0.3, 0.4) is 0 Å². The van der Waals surface area contributed by atoms with Crippen molar-refractivity contribution in [1.82, 2.24) is 14.7 Å². The number of aryl methyl sites for hydroxylation is 1. The number of carboxylic acid groups (broad SMARTS) is 1. The van der Waals surface area contributed by atoms with Gasteiger partial charge in [-0.3, -0.25) is 24.4 Å². The number of hydrogen-bond acceptors (Lipinski definition) is 5. The lowest BCUT2D eigenvalue weighted by Crippen LogP contribution is -2.36. The summed E-state index contributed by atoms with van der Waals surface area (Å²) in [6, 6.07) is 0. The first-order chi connectivity index (χ1) is 8.86. The minimum Gasteiger partial charge on any atom is -0.480 e. The molecule has 0 spiro atoms. The number of nitrogens with zero attached hydrogens (tertiary/aromatic N) is 4. The average molecular weight is 270 g/mol. The summed E-state index contributed by atoms with van der Waals surface area (Å²) >= 11 is 0. The second-order valence-corrected chi connectivity index (χ2v) is 3.91. The Morgan fingerprint density at radius 3 is 2.68 bits per heavy atom. The third-order valence-electron chi connectivity index (χ3n) is 2.32. The molecule has 0 unspecified atom stereocenters. The van der Waals surface area contributed by atoms with E-state index in [2.05, 4.69) is 5.10 Å². The second kappa shape index (κ2) is 5.94. The zero-order valence-corrected chi connectivity index (χ0v) is 10.6. The highest BCUT2D eigenvalue weighted by Gasteiger charge is 2.29. The Labute approximate surface area is 108 Å². The molecule has 0 aliphatic rings. The Bertz CT molecular complexity index is 510. The van der Waals surface area contributed by atoms with Crippen molar-refractivity contribution in [1.29, 1.82) is 0 Å². The topological polar surface area (TPSA) is 119 Å². The van der Waals surface area contributed by atoms with Crippen LogP contribution in [0, 0.1) is 10.1 Å². The van der Waals surface area contributed by atoms with Gasteiger partial charge in [0, 0.05) is 13.6 Å². The van der Waals surface area contributed by atoms with Crippen LogP contribution in [0.2, 0.25) is 0 Å². The van der Waals surface area contributed by atoms with Crippen LogP contribution in [0.1, 0.15) is 23.8 Å². The van der Waals surface area contributed by atoms with Gasteiger partial charge in [0.05, 0.1) is 4.92 Å². The quantitative estimate of drug-likeness (QED) is 0.585. The van der Waals surface area contributed by atoms with E-state index in [1.54, 1.807) is 6.92 Å². The van der Waals surface area contributed by atoms with Crippen molar-refractivity contribution in [2.75, 3.05) is 13.1 Å². The molecule has 9 nitrogen and oxygen atoms in total. The van der Waals surface area contributed by atoms with Gasteiger partial charge in [-0.15, -0.1) is 0 Å². The van der Waals surface area contributed by atoms with E-state index in [-0.39, 0.29) is 12.2 Å². The van der Waals surface area contributed by atoms with E-state index >= 15 is 0 Å². The number of carboxylic acids is 1. The summed E-state index contributed by atoms with van der Waals surface area (Å²) in [6.45, 7) is 1.45. The molecular formula is C10H14N4O5. The van der Waals surface area contributed by atoms with Crippen molar-refractivity contribution in [2.24, 2.45) is 7.05 Å². The molecule has 0 saturated carbocycles. The van der Waals surface area contributed by atoms with Crippen LogP contribution in [0.25, 0.3) is 0 Å². The van der Waals surface area contributed by atoms with Gasteiger partial charge in [-0.25, -0.2) is 0 Å². The molecule has 0 atom stereocenters. The highest BCUT2D eigenvalue weighted by molar-refractivity contribution is 5.97. The Morgan fingerprint density at radius 1 is 1.58 bits per heavy atom. The van der Waals surface area contributed by atoms with Gasteiger partial charge in [-0.1, -0.05) is 6.92 Å². The molecule has 0 aliphatic heterocycles. The molecule has 0 aliphatic carbocycles. The van der Waals surface area contributed by atoms with Crippen molar-refractivity contribution in [3.63, 3.8) is 0 Å². The highest BCUT2D eigenvalue weighted by Crippen LogP contribution is 2.18. The standard InChI is InChI=1S/C10H14N4O5/c1-3-4-13(6-8(15)16)10(17)9-7(14(18)19)5-12(2)11-9/h5H,3-4,6H2,1-2H3,(H,15,16). The van der Waals surface area contributed by atoms with Gasteiger partial charge < -0.3 is 10.0 Å². The van der Waals surface area contributed by atoms with Crippen LogP contribution in [0.4, 0.5) is 5.69 Å². The van der Waals surface area contributed by atoms with E-state index < -0.39 is 29.0 Å². The summed E-state index contributed by atoms with van der Waals surface area (Å²) in [4.78, 5) is 33.9. The lowest BCUT2D eigenvalue weighted by molar-refractivity contribution is -0.385. The third-order valence-corrected chi connectivity index (χ3v) is 2.32. The first-order valence-corrected chi connectivity index (χ1v) is 5.56. The maximum absolute atomic E-state index is 12.1. The molecule has 1 aromatic rings. The van der Waals surface area contributed by atoms with Crippen molar-refractivity contribution < 1.29 is 19.6 Å². The van der Waals surface area contributed by atoms with E-state index in [4.69, 9.17) is 5.11 Å². The van der Waals surface area contributed by atoms with E-state index in [0.717, 1.165) is 15.8 Å². The van der Waals surface area contributed by atoms with Crippen molar-refractivity contribution in [3.05, 3.63) is 22.0 Å². The Balaban J connectivity index is 3.08. The summed E-state index contributed by atoms with van der Waals surface area (Å²) in [7, 11) is 1.45. The zero-order chi connectivity index (χ0) is 14.6. The van der Waals surface area contributed by atoms with E-state index in [0.29, 0.717) is 6.42 Å². The molecular weight excluding hydrogens is 256 g/mol. The van der Waals surface area contributed by atoms with Crippen molar-refractivity contribution >= 4 is 17.6 Å². The van der Waals surface area contributed by atoms with E-state index in [1.807, 2.05) is 0 Å². The molecule has 0 saturated heterocycles. The minimum absolute atomic E-state index is 0.193. The summed E-state index contributed by atoms with van der Waals surface area (Å²) in [5.41, 5.74) is -0.777. The number of aromatic nitrogens is 2. The molecule has 104 valence electrons. The van der Waals surface area contributed by atoms with Crippen LogP contribution < -0.4 is 0 Å². The maximum atomic E-state index is 12.1. The van der Waals surface area contributed by atoms with Gasteiger partial charge >= 0.3 is 11.7 Å². The molecule has 19 heavy (non-hydrogen) atoms.